The van der Waals surface area contributed by atoms with Gasteiger partial charge >= 0.3 is 5.97 Å². The van der Waals surface area contributed by atoms with Gasteiger partial charge in [-0.3, -0.25) is 0 Å². The van der Waals surface area contributed by atoms with Gasteiger partial charge < -0.3 is 15.2 Å². The number of halogens is 2. The second kappa shape index (κ2) is 7.47. The number of nitrogens with one attached hydrogen (secondary N) is 1. The predicted octanol–water partition coefficient (Wildman–Crippen LogP) is 3.08. The summed E-state index contributed by atoms with van der Waals surface area (Å²) < 4.78 is 32.8. The molecule has 0 spiro atoms. The Kier molecular flexibility index (Phi) is 5.08. The van der Waals surface area contributed by atoms with Crippen LogP contribution in [0.1, 0.15) is 27.3 Å². The molecule has 9 heteroatoms. The van der Waals surface area contributed by atoms with Crippen LogP contribution < -0.4 is 5.32 Å². The molecule has 2 N–H and O–H groups in total. The number of carboxylic acid groups (broad SMARTS) is 1. The molecule has 0 saturated carbocycles. The summed E-state index contributed by atoms with van der Waals surface area (Å²) in [7, 11) is 1.42. The molecule has 0 unspecified atom stereocenters. The molecule has 3 rings (SSSR count). The minimum absolute atomic E-state index is 0.0916. The molecule has 0 aliphatic carbocycles. The first kappa shape index (κ1) is 19.0. The maximum absolute atomic E-state index is 13.3. The summed E-state index contributed by atoms with van der Waals surface area (Å²) in [6, 6.07) is 5.13. The summed E-state index contributed by atoms with van der Waals surface area (Å²) in [5.74, 6) is -2.82. The molecule has 0 aliphatic heterocycles. The fourth-order valence-corrected chi connectivity index (χ4v) is 2.52. The Balaban J connectivity index is 1.95. The third kappa shape index (κ3) is 3.54. The van der Waals surface area contributed by atoms with E-state index in [1.165, 1.54) is 23.9 Å². The Morgan fingerprint density at radius 3 is 2.68 bits per heavy atom. The third-order valence-corrected chi connectivity index (χ3v) is 4.03. The number of rotatable bonds is 7. The topological polar surface area (TPSA) is 88.8 Å². The molecule has 0 atom stereocenters. The fraction of sp³-hybridized carbons (Fsp3) is 0.105. The number of hydrogen-bond donors (Lipinski definition) is 2. The number of ether oxygens (including phenoxy) is 1. The average molecular weight is 386 g/mol. The first-order valence-corrected chi connectivity index (χ1v) is 8.04. The van der Waals surface area contributed by atoms with Crippen LogP contribution in [0.5, 0.6) is 0 Å². The molecule has 0 fully saturated rings. The van der Waals surface area contributed by atoms with Crippen LogP contribution in [0.2, 0.25) is 0 Å². The Morgan fingerprint density at radius 1 is 1.29 bits per heavy atom. The zero-order valence-corrected chi connectivity index (χ0v) is 14.9. The van der Waals surface area contributed by atoms with Crippen LogP contribution in [0.25, 0.3) is 17.1 Å². The van der Waals surface area contributed by atoms with Gasteiger partial charge in [0.15, 0.2) is 17.3 Å². The van der Waals surface area contributed by atoms with E-state index >= 15 is 0 Å². The van der Waals surface area contributed by atoms with E-state index in [4.69, 9.17) is 4.74 Å². The summed E-state index contributed by atoms with van der Waals surface area (Å²) >= 11 is 0. The van der Waals surface area contributed by atoms with Crippen molar-refractivity contribution in [2.75, 3.05) is 7.11 Å². The van der Waals surface area contributed by atoms with Gasteiger partial charge in [-0.15, -0.1) is 0 Å². The molecule has 3 aromatic rings. The van der Waals surface area contributed by atoms with Gasteiger partial charge in [-0.25, -0.2) is 23.1 Å². The minimum Gasteiger partial charge on any atom is -0.495 e. The molecule has 2 heterocycles. The number of methoxy groups -OCH3 is 1. The van der Waals surface area contributed by atoms with Crippen LogP contribution in [-0.4, -0.2) is 32.8 Å². The Hall–Kier alpha value is -3.75. The molecule has 7 nitrogen and oxygen atoms in total. The summed E-state index contributed by atoms with van der Waals surface area (Å²) in [5.41, 5.74) is 1.56. The number of carbonyl (C=O) groups is 1. The number of hydrogen-bond acceptors (Lipinski definition) is 5. The number of aromatic nitrogens is 3. The standard InChI is InChI=1S/C19H16F2N4O3/c1-10(22-8-12-4-5-14(20)15(21)6-12)16-7-17(11(2)28-3)25-18(24-16)13(9-23-25)19(26)27/h4-7,9,22H,1-2,8H2,3H3,(H,26,27). The molecular weight excluding hydrogens is 370 g/mol. The highest BCUT2D eigenvalue weighted by Crippen LogP contribution is 2.21. The summed E-state index contributed by atoms with van der Waals surface area (Å²) in [6.45, 7) is 7.82. The SMILES string of the molecule is C=C(NCc1ccc(F)c(F)c1)c1cc(C(=C)OC)n2ncc(C(=O)O)c2n1. The van der Waals surface area contributed by atoms with E-state index in [2.05, 4.69) is 28.6 Å². The Morgan fingerprint density at radius 2 is 2.04 bits per heavy atom. The number of aromatic carboxylic acids is 1. The zero-order chi connectivity index (χ0) is 20.4. The molecular formula is C19H16F2N4O3. The second-order valence-electron chi connectivity index (χ2n) is 5.83. The van der Waals surface area contributed by atoms with Crippen molar-refractivity contribution in [1.82, 2.24) is 19.9 Å². The highest BCUT2D eigenvalue weighted by molar-refractivity contribution is 5.94. The monoisotopic (exact) mass is 386 g/mol. The quantitative estimate of drug-likeness (QED) is 0.607. The van der Waals surface area contributed by atoms with Crippen molar-refractivity contribution in [2.24, 2.45) is 0 Å². The predicted molar refractivity (Wildman–Crippen MR) is 98.2 cm³/mol. The lowest BCUT2D eigenvalue weighted by Crippen LogP contribution is -2.14. The molecule has 28 heavy (non-hydrogen) atoms. The van der Waals surface area contributed by atoms with E-state index < -0.39 is 17.6 Å². The van der Waals surface area contributed by atoms with Gasteiger partial charge in [-0.1, -0.05) is 19.2 Å². The van der Waals surface area contributed by atoms with E-state index in [1.807, 2.05) is 0 Å². The smallest absolute Gasteiger partial charge is 0.341 e. The second-order valence-corrected chi connectivity index (χ2v) is 5.83. The first-order chi connectivity index (χ1) is 13.3. The molecule has 0 saturated heterocycles. The van der Waals surface area contributed by atoms with Crippen LogP contribution in [0.15, 0.2) is 43.6 Å². The first-order valence-electron chi connectivity index (χ1n) is 8.04. The highest BCUT2D eigenvalue weighted by Gasteiger charge is 2.18. The third-order valence-electron chi connectivity index (χ3n) is 4.03. The van der Waals surface area contributed by atoms with E-state index in [1.54, 1.807) is 6.07 Å². The van der Waals surface area contributed by atoms with Gasteiger partial charge in [-0.2, -0.15) is 5.10 Å². The van der Waals surface area contributed by atoms with Crippen molar-refractivity contribution >= 4 is 23.1 Å². The van der Waals surface area contributed by atoms with E-state index in [0.29, 0.717) is 22.6 Å². The Labute approximate surface area is 158 Å². The van der Waals surface area contributed by atoms with Crippen LogP contribution in [0, 0.1) is 11.6 Å². The number of benzene rings is 1. The minimum atomic E-state index is -1.19. The van der Waals surface area contributed by atoms with Gasteiger partial charge in [0.25, 0.3) is 0 Å². The zero-order valence-electron chi connectivity index (χ0n) is 14.9. The van der Waals surface area contributed by atoms with Crippen LogP contribution >= 0.6 is 0 Å². The largest absolute Gasteiger partial charge is 0.495 e. The molecule has 0 radical (unpaired) electrons. The van der Waals surface area contributed by atoms with Crippen molar-refractivity contribution in [2.45, 2.75) is 6.54 Å². The average Bonchev–Trinajstić information content (AvgIpc) is 3.11. The van der Waals surface area contributed by atoms with Crippen LogP contribution in [0.3, 0.4) is 0 Å². The fourth-order valence-electron chi connectivity index (χ4n) is 2.52. The lowest BCUT2D eigenvalue weighted by Gasteiger charge is -2.13. The number of carboxylic acids is 1. The van der Waals surface area contributed by atoms with Crippen molar-refractivity contribution in [3.8, 4) is 0 Å². The lowest BCUT2D eigenvalue weighted by molar-refractivity contribution is 0.0698. The highest BCUT2D eigenvalue weighted by atomic mass is 19.2. The van der Waals surface area contributed by atoms with Gasteiger partial charge in [0.05, 0.1) is 24.7 Å². The molecule has 0 aliphatic rings. The summed E-state index contributed by atoms with van der Waals surface area (Å²) in [4.78, 5) is 15.7. The van der Waals surface area contributed by atoms with E-state index in [0.717, 1.165) is 12.1 Å². The van der Waals surface area contributed by atoms with Crippen molar-refractivity contribution in [3.63, 3.8) is 0 Å². The van der Waals surface area contributed by atoms with E-state index in [9.17, 15) is 18.7 Å². The number of nitrogens with zero attached hydrogens (tertiary/aromatic N) is 3. The lowest BCUT2D eigenvalue weighted by atomic mass is 10.2. The molecule has 144 valence electrons. The summed E-state index contributed by atoms with van der Waals surface area (Å²) in [6.07, 6.45) is 1.18. The molecule has 0 bridgehead atoms. The van der Waals surface area contributed by atoms with Crippen LogP contribution in [0.4, 0.5) is 8.78 Å². The molecule has 0 amide bonds. The van der Waals surface area contributed by atoms with Crippen molar-refractivity contribution < 1.29 is 23.4 Å². The van der Waals surface area contributed by atoms with Gasteiger partial charge in [0.1, 0.15) is 17.0 Å². The van der Waals surface area contributed by atoms with Gasteiger partial charge in [0, 0.05) is 6.54 Å². The molecule has 1 aromatic carbocycles. The van der Waals surface area contributed by atoms with E-state index in [-0.39, 0.29) is 23.5 Å². The molecule has 2 aromatic heterocycles. The van der Waals surface area contributed by atoms with Gasteiger partial charge in [-0.05, 0) is 23.8 Å². The number of fused-ring (bicyclic) bond motifs is 1. The van der Waals surface area contributed by atoms with Crippen LogP contribution in [-0.2, 0) is 11.3 Å². The summed E-state index contributed by atoms with van der Waals surface area (Å²) in [5, 5.41) is 16.3. The maximum atomic E-state index is 13.3. The van der Waals surface area contributed by atoms with Crippen molar-refractivity contribution in [1.29, 1.82) is 0 Å². The maximum Gasteiger partial charge on any atom is 0.341 e. The Bertz CT molecular complexity index is 1110. The normalized spacial score (nSPS) is 10.7. The van der Waals surface area contributed by atoms with Gasteiger partial charge in [0.2, 0.25) is 0 Å². The van der Waals surface area contributed by atoms with Crippen molar-refractivity contribution in [3.05, 3.63) is 77.8 Å².